The van der Waals surface area contributed by atoms with Gasteiger partial charge in [-0.05, 0) is 32.9 Å². The van der Waals surface area contributed by atoms with E-state index in [1.165, 1.54) is 11.4 Å². The molecule has 168 valence electrons. The molecule has 1 fully saturated rings. The van der Waals surface area contributed by atoms with Gasteiger partial charge in [-0.1, -0.05) is 17.7 Å². The Morgan fingerprint density at radius 3 is 2.32 bits per heavy atom. The summed E-state index contributed by atoms with van der Waals surface area (Å²) in [7, 11) is 1.61. The molecule has 1 aliphatic heterocycles. The van der Waals surface area contributed by atoms with Crippen molar-refractivity contribution in [3.63, 3.8) is 0 Å². The maximum atomic E-state index is 13.0. The van der Waals surface area contributed by atoms with E-state index in [-0.39, 0.29) is 29.3 Å². The second-order valence-electron chi connectivity index (χ2n) is 8.58. The summed E-state index contributed by atoms with van der Waals surface area (Å²) in [6.07, 6.45) is 0.402. The Kier molecular flexibility index (Phi) is 6.66. The van der Waals surface area contributed by atoms with Gasteiger partial charge in [0, 0.05) is 52.1 Å². The van der Waals surface area contributed by atoms with Gasteiger partial charge < -0.3 is 9.80 Å². The molecule has 0 spiro atoms. The van der Waals surface area contributed by atoms with Gasteiger partial charge in [-0.3, -0.25) is 4.79 Å². The fourth-order valence-electron chi connectivity index (χ4n) is 3.62. The van der Waals surface area contributed by atoms with Crippen molar-refractivity contribution in [1.29, 1.82) is 0 Å². The molecule has 1 saturated heterocycles. The Balaban J connectivity index is 1.89. The van der Waals surface area contributed by atoms with Crippen molar-refractivity contribution in [3.8, 4) is 0 Å². The van der Waals surface area contributed by atoms with E-state index in [2.05, 4.69) is 9.97 Å². The topological polar surface area (TPSA) is 86.7 Å². The number of nitrogens with zero attached hydrogens (tertiary/aromatic N) is 5. The van der Waals surface area contributed by atoms with Gasteiger partial charge in [0.15, 0.2) is 0 Å². The molecule has 3 rings (SSSR count). The lowest BCUT2D eigenvalue weighted by Gasteiger charge is -2.22. The number of anilines is 1. The van der Waals surface area contributed by atoms with Crippen molar-refractivity contribution in [2.75, 3.05) is 32.6 Å². The highest BCUT2D eigenvalue weighted by Gasteiger charge is 2.33. The zero-order valence-corrected chi connectivity index (χ0v) is 19.8. The van der Waals surface area contributed by atoms with Crippen molar-refractivity contribution >= 4 is 21.7 Å². The highest BCUT2D eigenvalue weighted by atomic mass is 32.2. The fraction of sp³-hybridized carbons (Fsp3) is 0.500. The van der Waals surface area contributed by atoms with Crippen molar-refractivity contribution in [3.05, 3.63) is 47.4 Å². The molecular weight excluding hydrogens is 414 g/mol. The molecule has 1 aromatic carbocycles. The van der Waals surface area contributed by atoms with Crippen LogP contribution in [0, 0.1) is 6.92 Å². The number of amides is 1. The van der Waals surface area contributed by atoms with Crippen molar-refractivity contribution in [2.45, 2.75) is 50.6 Å². The molecule has 1 atom stereocenters. The van der Waals surface area contributed by atoms with Crippen LogP contribution in [0.3, 0.4) is 0 Å². The highest BCUT2D eigenvalue weighted by Crippen LogP contribution is 2.30. The Morgan fingerprint density at radius 2 is 1.77 bits per heavy atom. The number of sulfonamides is 1. The van der Waals surface area contributed by atoms with Crippen LogP contribution in [-0.2, 0) is 21.4 Å². The molecule has 31 heavy (non-hydrogen) atoms. The third-order valence-electron chi connectivity index (χ3n) is 5.53. The molecule has 0 aliphatic carbocycles. The van der Waals surface area contributed by atoms with Crippen LogP contribution >= 0.6 is 0 Å². The number of aromatic nitrogens is 2. The summed E-state index contributed by atoms with van der Waals surface area (Å²) in [5.41, 5.74) is 1.76. The number of likely N-dealkylation sites (tertiary alicyclic amines) is 1. The second kappa shape index (κ2) is 8.92. The van der Waals surface area contributed by atoms with E-state index in [9.17, 15) is 13.2 Å². The molecule has 1 aromatic heterocycles. The molecular formula is C22H31N5O3S. The number of benzene rings is 1. The molecule has 2 aromatic rings. The zero-order chi connectivity index (χ0) is 22.9. The van der Waals surface area contributed by atoms with Crippen LogP contribution in [0.2, 0.25) is 0 Å². The first-order chi connectivity index (χ1) is 14.5. The monoisotopic (exact) mass is 445 g/mol. The van der Waals surface area contributed by atoms with Gasteiger partial charge in [0.2, 0.25) is 15.9 Å². The summed E-state index contributed by atoms with van der Waals surface area (Å²) in [5, 5.41) is 0. The first kappa shape index (κ1) is 23.1. The molecule has 0 saturated carbocycles. The third-order valence-corrected chi connectivity index (χ3v) is 7.35. The van der Waals surface area contributed by atoms with Crippen LogP contribution in [0.1, 0.15) is 43.3 Å². The van der Waals surface area contributed by atoms with E-state index >= 15 is 0 Å². The van der Waals surface area contributed by atoms with Crippen LogP contribution in [0.5, 0.6) is 0 Å². The molecule has 0 radical (unpaired) electrons. The lowest BCUT2D eigenvalue weighted by atomic mass is 10.0. The molecule has 8 nitrogen and oxygen atoms in total. The number of carbonyl (C=O) groups excluding carboxylic acids is 1. The summed E-state index contributed by atoms with van der Waals surface area (Å²) < 4.78 is 27.2. The summed E-state index contributed by atoms with van der Waals surface area (Å²) in [6, 6.07) is 8.79. The van der Waals surface area contributed by atoms with E-state index in [1.54, 1.807) is 24.3 Å². The average Bonchev–Trinajstić information content (AvgIpc) is 3.10. The summed E-state index contributed by atoms with van der Waals surface area (Å²) in [5.74, 6) is 1.19. The number of aryl methyl sites for hydroxylation is 1. The first-order valence-electron chi connectivity index (χ1n) is 10.4. The first-order valence-corrected chi connectivity index (χ1v) is 11.8. The Morgan fingerprint density at radius 1 is 1.13 bits per heavy atom. The molecule has 1 aliphatic rings. The van der Waals surface area contributed by atoms with Gasteiger partial charge in [0.25, 0.3) is 0 Å². The predicted octanol–water partition coefficient (Wildman–Crippen LogP) is 2.40. The Bertz CT molecular complexity index is 1050. The Hall–Kier alpha value is -2.52. The van der Waals surface area contributed by atoms with E-state index in [4.69, 9.17) is 0 Å². The van der Waals surface area contributed by atoms with E-state index < -0.39 is 10.0 Å². The smallest absolute Gasteiger partial charge is 0.243 e. The third kappa shape index (κ3) is 5.04. The van der Waals surface area contributed by atoms with E-state index in [0.717, 1.165) is 11.3 Å². The normalized spacial score (nSPS) is 17.1. The van der Waals surface area contributed by atoms with Crippen LogP contribution < -0.4 is 4.90 Å². The second-order valence-corrected chi connectivity index (χ2v) is 10.6. The predicted molar refractivity (Wildman–Crippen MR) is 120 cm³/mol. The standard InChI is InChI=1S/C22H31N5O3S/c1-15(2)27-13-17(11-22(27)28)19-12-21(25(4)5)24-20(23-19)14-26(6)31(29,30)18-9-7-16(3)8-10-18/h7-10,12,15,17H,11,13-14H2,1-6H3. The van der Waals surface area contributed by atoms with Crippen molar-refractivity contribution in [2.24, 2.45) is 0 Å². The largest absolute Gasteiger partial charge is 0.363 e. The molecule has 0 bridgehead atoms. The van der Waals surface area contributed by atoms with Gasteiger partial charge >= 0.3 is 0 Å². The average molecular weight is 446 g/mol. The minimum Gasteiger partial charge on any atom is -0.363 e. The lowest BCUT2D eigenvalue weighted by molar-refractivity contribution is -0.129. The summed E-state index contributed by atoms with van der Waals surface area (Å²) >= 11 is 0. The van der Waals surface area contributed by atoms with E-state index in [1.807, 2.05) is 50.7 Å². The fourth-order valence-corrected chi connectivity index (χ4v) is 4.74. The van der Waals surface area contributed by atoms with Crippen LogP contribution in [0.15, 0.2) is 35.2 Å². The lowest BCUT2D eigenvalue weighted by Crippen LogP contribution is -2.32. The zero-order valence-electron chi connectivity index (χ0n) is 19.0. The SMILES string of the molecule is Cc1ccc(S(=O)(=O)N(C)Cc2nc(C3CC(=O)N(C(C)C)C3)cc(N(C)C)n2)cc1. The van der Waals surface area contributed by atoms with Crippen molar-refractivity contribution < 1.29 is 13.2 Å². The van der Waals surface area contributed by atoms with Gasteiger partial charge in [0.05, 0.1) is 17.1 Å². The molecule has 1 amide bonds. The minimum atomic E-state index is -3.67. The number of rotatable bonds is 7. The van der Waals surface area contributed by atoms with Gasteiger partial charge in [-0.2, -0.15) is 4.31 Å². The minimum absolute atomic E-state index is 0.0330. The summed E-state index contributed by atoms with van der Waals surface area (Å²) in [4.78, 5) is 25.5. The Labute approximate surface area is 185 Å². The van der Waals surface area contributed by atoms with Gasteiger partial charge in [-0.15, -0.1) is 0 Å². The molecule has 9 heteroatoms. The van der Waals surface area contributed by atoms with Crippen LogP contribution in [-0.4, -0.2) is 67.2 Å². The van der Waals surface area contributed by atoms with Crippen LogP contribution in [0.4, 0.5) is 5.82 Å². The summed E-state index contributed by atoms with van der Waals surface area (Å²) in [6.45, 7) is 6.57. The molecule has 2 heterocycles. The quantitative estimate of drug-likeness (QED) is 0.650. The maximum Gasteiger partial charge on any atom is 0.243 e. The number of hydrogen-bond donors (Lipinski definition) is 0. The van der Waals surface area contributed by atoms with E-state index in [0.29, 0.717) is 24.6 Å². The van der Waals surface area contributed by atoms with Crippen LogP contribution in [0.25, 0.3) is 0 Å². The maximum absolute atomic E-state index is 13.0. The number of carbonyl (C=O) groups is 1. The highest BCUT2D eigenvalue weighted by molar-refractivity contribution is 7.89. The van der Waals surface area contributed by atoms with Gasteiger partial charge in [-0.25, -0.2) is 18.4 Å². The van der Waals surface area contributed by atoms with Crippen molar-refractivity contribution in [1.82, 2.24) is 19.2 Å². The van der Waals surface area contributed by atoms with Gasteiger partial charge in [0.1, 0.15) is 11.6 Å². The number of hydrogen-bond acceptors (Lipinski definition) is 6. The molecule has 0 N–H and O–H groups in total. The molecule has 1 unspecified atom stereocenters.